The van der Waals surface area contributed by atoms with Gasteiger partial charge in [0, 0.05) is 37.1 Å². The van der Waals surface area contributed by atoms with Crippen molar-refractivity contribution < 1.29 is 4.39 Å². The highest BCUT2D eigenvalue weighted by Gasteiger charge is 2.00. The molecule has 17 heavy (non-hydrogen) atoms. The van der Waals surface area contributed by atoms with E-state index in [9.17, 15) is 4.39 Å². The summed E-state index contributed by atoms with van der Waals surface area (Å²) in [5.41, 5.74) is 1.56. The van der Waals surface area contributed by atoms with E-state index in [4.69, 9.17) is 0 Å². The van der Waals surface area contributed by atoms with Crippen LogP contribution in [0, 0.1) is 5.82 Å². The summed E-state index contributed by atoms with van der Waals surface area (Å²) >= 11 is 0. The van der Waals surface area contributed by atoms with Crippen molar-refractivity contribution in [1.82, 2.24) is 4.98 Å². The van der Waals surface area contributed by atoms with E-state index in [1.165, 1.54) is 6.07 Å². The van der Waals surface area contributed by atoms with Crippen LogP contribution in [-0.2, 0) is 6.54 Å². The summed E-state index contributed by atoms with van der Waals surface area (Å²) in [7, 11) is 1.81. The van der Waals surface area contributed by atoms with E-state index in [1.807, 2.05) is 25.2 Å². The minimum atomic E-state index is -0.192. The van der Waals surface area contributed by atoms with Gasteiger partial charge < -0.3 is 10.6 Å². The monoisotopic (exact) mass is 231 g/mol. The van der Waals surface area contributed by atoms with Crippen LogP contribution in [0.25, 0.3) is 0 Å². The van der Waals surface area contributed by atoms with Crippen molar-refractivity contribution in [2.75, 3.05) is 17.7 Å². The minimum absolute atomic E-state index is 0.192. The van der Waals surface area contributed by atoms with Gasteiger partial charge in [0.2, 0.25) is 0 Å². The molecule has 0 amide bonds. The first-order valence-electron chi connectivity index (χ1n) is 5.40. The predicted octanol–water partition coefficient (Wildman–Crippen LogP) is 2.87. The highest BCUT2D eigenvalue weighted by atomic mass is 19.1. The van der Waals surface area contributed by atoms with Gasteiger partial charge in [-0.3, -0.25) is 0 Å². The molecule has 4 heteroatoms. The van der Waals surface area contributed by atoms with Gasteiger partial charge in [-0.2, -0.15) is 0 Å². The topological polar surface area (TPSA) is 37.0 Å². The molecule has 0 atom stereocenters. The summed E-state index contributed by atoms with van der Waals surface area (Å²) in [6.07, 6.45) is 1.70. The lowest BCUT2D eigenvalue weighted by molar-refractivity contribution is 0.613. The molecule has 1 aromatic heterocycles. The van der Waals surface area contributed by atoms with Crippen molar-refractivity contribution in [1.29, 1.82) is 0 Å². The third-order valence-electron chi connectivity index (χ3n) is 2.46. The van der Waals surface area contributed by atoms with Crippen LogP contribution in [0.3, 0.4) is 0 Å². The first-order chi connectivity index (χ1) is 8.29. The van der Waals surface area contributed by atoms with Crippen molar-refractivity contribution in [3.8, 4) is 0 Å². The minimum Gasteiger partial charge on any atom is -0.381 e. The van der Waals surface area contributed by atoms with Crippen LogP contribution >= 0.6 is 0 Å². The molecule has 0 saturated carbocycles. The second-order valence-electron chi connectivity index (χ2n) is 3.62. The largest absolute Gasteiger partial charge is 0.381 e. The third-order valence-corrected chi connectivity index (χ3v) is 2.46. The summed E-state index contributed by atoms with van der Waals surface area (Å²) in [4.78, 5) is 4.11. The molecule has 1 aromatic carbocycles. The molecule has 0 aliphatic heterocycles. The van der Waals surface area contributed by atoms with Gasteiger partial charge in [0.25, 0.3) is 0 Å². The van der Waals surface area contributed by atoms with Gasteiger partial charge in [-0.15, -0.1) is 0 Å². The molecule has 1 heterocycles. The van der Waals surface area contributed by atoms with E-state index >= 15 is 0 Å². The van der Waals surface area contributed by atoms with Crippen LogP contribution in [0.1, 0.15) is 5.56 Å². The standard InChI is InChI=1S/C13H14FN3/c1-15-13-8-11(6-7-16-13)17-9-10-4-2-3-5-12(10)14/h2-8H,9H2,1H3,(H2,15,16,17). The van der Waals surface area contributed by atoms with Crippen molar-refractivity contribution >= 4 is 11.5 Å². The fourth-order valence-electron chi connectivity index (χ4n) is 1.52. The highest BCUT2D eigenvalue weighted by Crippen LogP contribution is 2.14. The van der Waals surface area contributed by atoms with Gasteiger partial charge in [-0.05, 0) is 12.1 Å². The van der Waals surface area contributed by atoms with E-state index in [0.717, 1.165) is 11.5 Å². The van der Waals surface area contributed by atoms with Crippen LogP contribution in [0.5, 0.6) is 0 Å². The molecular weight excluding hydrogens is 217 g/mol. The van der Waals surface area contributed by atoms with Crippen LogP contribution in [0.15, 0.2) is 42.6 Å². The second-order valence-corrected chi connectivity index (χ2v) is 3.62. The van der Waals surface area contributed by atoms with E-state index in [1.54, 1.807) is 18.3 Å². The Morgan fingerprint density at radius 3 is 2.82 bits per heavy atom. The first kappa shape index (κ1) is 11.4. The number of hydrogen-bond donors (Lipinski definition) is 2. The van der Waals surface area contributed by atoms with Gasteiger partial charge in [0.15, 0.2) is 0 Å². The molecule has 3 nitrogen and oxygen atoms in total. The van der Waals surface area contributed by atoms with E-state index in [-0.39, 0.29) is 5.82 Å². The maximum absolute atomic E-state index is 13.4. The first-order valence-corrected chi connectivity index (χ1v) is 5.40. The second kappa shape index (κ2) is 5.30. The number of rotatable bonds is 4. The molecule has 0 fully saturated rings. The Morgan fingerprint density at radius 2 is 2.06 bits per heavy atom. The number of hydrogen-bond acceptors (Lipinski definition) is 3. The summed E-state index contributed by atoms with van der Waals surface area (Å²) in [6.45, 7) is 0.458. The Hall–Kier alpha value is -2.10. The lowest BCUT2D eigenvalue weighted by Gasteiger charge is -2.08. The summed E-state index contributed by atoms with van der Waals surface area (Å²) in [6, 6.07) is 10.5. The quantitative estimate of drug-likeness (QED) is 0.849. The molecule has 0 bridgehead atoms. The normalized spacial score (nSPS) is 10.0. The average molecular weight is 231 g/mol. The number of nitrogens with one attached hydrogen (secondary N) is 2. The number of anilines is 2. The molecular formula is C13H14FN3. The Balaban J connectivity index is 2.05. The average Bonchev–Trinajstić information content (AvgIpc) is 2.38. The van der Waals surface area contributed by atoms with Crippen LogP contribution in [0.4, 0.5) is 15.9 Å². The Kier molecular flexibility index (Phi) is 3.55. The lowest BCUT2D eigenvalue weighted by atomic mass is 10.2. The number of pyridine rings is 1. The lowest BCUT2D eigenvalue weighted by Crippen LogP contribution is -2.02. The molecule has 0 aliphatic rings. The molecule has 0 radical (unpaired) electrons. The molecule has 0 unspecified atom stereocenters. The summed E-state index contributed by atoms with van der Waals surface area (Å²) in [5, 5.41) is 6.11. The SMILES string of the molecule is CNc1cc(NCc2ccccc2F)ccn1. The molecule has 2 aromatic rings. The smallest absolute Gasteiger partial charge is 0.128 e. The number of aromatic nitrogens is 1. The van der Waals surface area contributed by atoms with Gasteiger partial charge in [0.1, 0.15) is 11.6 Å². The van der Waals surface area contributed by atoms with Crippen LogP contribution < -0.4 is 10.6 Å². The van der Waals surface area contributed by atoms with Crippen molar-refractivity contribution in [3.63, 3.8) is 0 Å². The zero-order valence-corrected chi connectivity index (χ0v) is 9.57. The van der Waals surface area contributed by atoms with E-state index < -0.39 is 0 Å². The molecule has 88 valence electrons. The Bertz CT molecular complexity index is 500. The van der Waals surface area contributed by atoms with Gasteiger partial charge in [-0.25, -0.2) is 9.37 Å². The molecule has 2 rings (SSSR count). The van der Waals surface area contributed by atoms with Gasteiger partial charge in [0.05, 0.1) is 0 Å². The molecule has 0 aliphatic carbocycles. The molecule has 0 spiro atoms. The van der Waals surface area contributed by atoms with E-state index in [2.05, 4.69) is 15.6 Å². The van der Waals surface area contributed by atoms with Gasteiger partial charge >= 0.3 is 0 Å². The summed E-state index contributed by atoms with van der Waals surface area (Å²) < 4.78 is 13.4. The van der Waals surface area contributed by atoms with Crippen molar-refractivity contribution in [3.05, 3.63) is 54.0 Å². The highest BCUT2D eigenvalue weighted by molar-refractivity contribution is 5.51. The van der Waals surface area contributed by atoms with Crippen molar-refractivity contribution in [2.24, 2.45) is 0 Å². The number of nitrogens with zero attached hydrogens (tertiary/aromatic N) is 1. The Labute approximate surface area is 99.7 Å². The number of benzene rings is 1. The van der Waals surface area contributed by atoms with Crippen LogP contribution in [0.2, 0.25) is 0 Å². The van der Waals surface area contributed by atoms with Crippen molar-refractivity contribution in [2.45, 2.75) is 6.54 Å². The zero-order valence-electron chi connectivity index (χ0n) is 9.57. The summed E-state index contributed by atoms with van der Waals surface area (Å²) in [5.74, 6) is 0.589. The third kappa shape index (κ3) is 2.93. The Morgan fingerprint density at radius 1 is 1.24 bits per heavy atom. The number of halogens is 1. The molecule has 0 saturated heterocycles. The fraction of sp³-hybridized carbons (Fsp3) is 0.154. The predicted molar refractivity (Wildman–Crippen MR) is 67.5 cm³/mol. The van der Waals surface area contributed by atoms with Crippen LogP contribution in [-0.4, -0.2) is 12.0 Å². The zero-order chi connectivity index (χ0) is 12.1. The van der Waals surface area contributed by atoms with E-state index in [0.29, 0.717) is 12.1 Å². The fourth-order valence-corrected chi connectivity index (χ4v) is 1.52. The van der Waals surface area contributed by atoms with Gasteiger partial charge in [-0.1, -0.05) is 18.2 Å². The maximum Gasteiger partial charge on any atom is 0.128 e. The molecule has 2 N–H and O–H groups in total. The maximum atomic E-state index is 13.4.